The summed E-state index contributed by atoms with van der Waals surface area (Å²) in [5, 5.41) is 4.25. The van der Waals surface area contributed by atoms with E-state index in [-0.39, 0.29) is 0 Å². The molecule has 3 heterocycles. The molecule has 0 radical (unpaired) electrons. The standard InChI is InChI=1S/C15H19ClN2O2/c16-14-1-10(15-11(2-14)8-19-9-20-15)5-18-6-12-3-17-4-13(12)7-18/h1-2,12-13,17H,3-9H2. The predicted octanol–water partition coefficient (Wildman–Crippen LogP) is 1.86. The van der Waals surface area contributed by atoms with Crippen LogP contribution in [0.2, 0.25) is 5.02 Å². The maximum absolute atomic E-state index is 6.22. The number of halogens is 1. The summed E-state index contributed by atoms with van der Waals surface area (Å²) < 4.78 is 11.0. The van der Waals surface area contributed by atoms with E-state index in [1.54, 1.807) is 0 Å². The Morgan fingerprint density at radius 2 is 2.05 bits per heavy atom. The molecule has 2 atom stereocenters. The number of nitrogens with zero attached hydrogens (tertiary/aromatic N) is 1. The Balaban J connectivity index is 1.55. The van der Waals surface area contributed by atoms with Crippen LogP contribution in [0.5, 0.6) is 5.75 Å². The Kier molecular flexibility index (Phi) is 3.34. The SMILES string of the molecule is Clc1cc2c(c(CN3CC4CNCC4C3)c1)OCOC2. The number of ether oxygens (including phenoxy) is 2. The second-order valence-corrected chi connectivity index (χ2v) is 6.47. The zero-order valence-electron chi connectivity index (χ0n) is 11.4. The minimum absolute atomic E-state index is 0.344. The van der Waals surface area contributed by atoms with Crippen LogP contribution in [0.25, 0.3) is 0 Å². The van der Waals surface area contributed by atoms with E-state index in [4.69, 9.17) is 21.1 Å². The summed E-state index contributed by atoms with van der Waals surface area (Å²) in [6.45, 7) is 6.55. The molecule has 4 nitrogen and oxygen atoms in total. The first-order chi connectivity index (χ1) is 9.79. The zero-order valence-corrected chi connectivity index (χ0v) is 12.2. The van der Waals surface area contributed by atoms with Gasteiger partial charge in [-0.25, -0.2) is 0 Å². The normalized spacial score (nSPS) is 29.1. The van der Waals surface area contributed by atoms with Crippen molar-refractivity contribution in [3.8, 4) is 5.75 Å². The Morgan fingerprint density at radius 3 is 2.85 bits per heavy atom. The van der Waals surface area contributed by atoms with Gasteiger partial charge in [0.15, 0.2) is 6.79 Å². The highest BCUT2D eigenvalue weighted by Crippen LogP contribution is 2.34. The van der Waals surface area contributed by atoms with Gasteiger partial charge in [0.1, 0.15) is 5.75 Å². The zero-order chi connectivity index (χ0) is 13.5. The molecule has 3 aliphatic heterocycles. The Bertz CT molecular complexity index is 511. The van der Waals surface area contributed by atoms with Gasteiger partial charge in [-0.2, -0.15) is 0 Å². The van der Waals surface area contributed by atoms with E-state index in [1.807, 2.05) is 12.1 Å². The number of hydrogen-bond donors (Lipinski definition) is 1. The molecule has 1 N–H and O–H groups in total. The van der Waals surface area contributed by atoms with Crippen LogP contribution in [0.15, 0.2) is 12.1 Å². The molecule has 0 aliphatic carbocycles. The minimum atomic E-state index is 0.344. The van der Waals surface area contributed by atoms with Crippen LogP contribution in [-0.2, 0) is 17.9 Å². The van der Waals surface area contributed by atoms with Crippen molar-refractivity contribution in [3.63, 3.8) is 0 Å². The molecule has 1 aromatic carbocycles. The molecule has 0 bridgehead atoms. The summed E-state index contributed by atoms with van der Waals surface area (Å²) in [6.07, 6.45) is 0. The van der Waals surface area contributed by atoms with Crippen LogP contribution in [-0.4, -0.2) is 37.9 Å². The fourth-order valence-corrected chi connectivity index (χ4v) is 3.96. The quantitative estimate of drug-likeness (QED) is 0.903. The van der Waals surface area contributed by atoms with Crippen molar-refractivity contribution in [2.75, 3.05) is 33.0 Å². The van der Waals surface area contributed by atoms with Crippen molar-refractivity contribution in [2.45, 2.75) is 13.2 Å². The Morgan fingerprint density at radius 1 is 1.25 bits per heavy atom. The number of nitrogens with one attached hydrogen (secondary N) is 1. The fourth-order valence-electron chi connectivity index (χ4n) is 3.70. The van der Waals surface area contributed by atoms with Gasteiger partial charge in [-0.3, -0.25) is 4.90 Å². The van der Waals surface area contributed by atoms with E-state index in [0.29, 0.717) is 13.4 Å². The lowest BCUT2D eigenvalue weighted by molar-refractivity contribution is -0.0174. The third-order valence-electron chi connectivity index (χ3n) is 4.61. The van der Waals surface area contributed by atoms with Crippen LogP contribution in [0, 0.1) is 11.8 Å². The molecule has 0 amide bonds. The highest BCUT2D eigenvalue weighted by Gasteiger charge is 2.36. The third-order valence-corrected chi connectivity index (χ3v) is 4.83. The highest BCUT2D eigenvalue weighted by atomic mass is 35.5. The maximum Gasteiger partial charge on any atom is 0.189 e. The first-order valence-corrected chi connectivity index (χ1v) is 7.62. The molecule has 0 saturated carbocycles. The van der Waals surface area contributed by atoms with E-state index in [0.717, 1.165) is 34.7 Å². The van der Waals surface area contributed by atoms with Crippen molar-refractivity contribution in [2.24, 2.45) is 11.8 Å². The summed E-state index contributed by atoms with van der Waals surface area (Å²) >= 11 is 6.22. The topological polar surface area (TPSA) is 33.7 Å². The lowest BCUT2D eigenvalue weighted by Gasteiger charge is -2.24. The smallest absolute Gasteiger partial charge is 0.189 e. The van der Waals surface area contributed by atoms with Crippen LogP contribution >= 0.6 is 11.6 Å². The van der Waals surface area contributed by atoms with Crippen LogP contribution in [0.4, 0.5) is 0 Å². The van der Waals surface area contributed by atoms with E-state index < -0.39 is 0 Å². The summed E-state index contributed by atoms with van der Waals surface area (Å²) in [7, 11) is 0. The predicted molar refractivity (Wildman–Crippen MR) is 76.9 cm³/mol. The van der Waals surface area contributed by atoms with Crippen molar-refractivity contribution < 1.29 is 9.47 Å². The Labute approximate surface area is 124 Å². The van der Waals surface area contributed by atoms with Crippen molar-refractivity contribution in [3.05, 3.63) is 28.3 Å². The lowest BCUT2D eigenvalue weighted by Crippen LogP contribution is -2.26. The Hall–Kier alpha value is -0.810. The fraction of sp³-hybridized carbons (Fsp3) is 0.600. The number of hydrogen-bond acceptors (Lipinski definition) is 4. The molecule has 2 unspecified atom stereocenters. The molecule has 2 fully saturated rings. The molecule has 0 aromatic heterocycles. The number of likely N-dealkylation sites (tertiary alicyclic amines) is 1. The van der Waals surface area contributed by atoms with E-state index in [1.165, 1.54) is 31.7 Å². The first kappa shape index (κ1) is 12.9. The second kappa shape index (κ2) is 5.19. The molecule has 0 spiro atoms. The molecule has 2 saturated heterocycles. The first-order valence-electron chi connectivity index (χ1n) is 7.24. The molecule has 5 heteroatoms. The van der Waals surface area contributed by atoms with Gasteiger partial charge in [-0.15, -0.1) is 0 Å². The van der Waals surface area contributed by atoms with Crippen molar-refractivity contribution in [1.82, 2.24) is 10.2 Å². The highest BCUT2D eigenvalue weighted by molar-refractivity contribution is 6.30. The van der Waals surface area contributed by atoms with Crippen LogP contribution < -0.4 is 10.1 Å². The van der Waals surface area contributed by atoms with Gasteiger partial charge < -0.3 is 14.8 Å². The molecule has 4 rings (SSSR count). The van der Waals surface area contributed by atoms with Gasteiger partial charge >= 0.3 is 0 Å². The molecule has 108 valence electrons. The molecular weight excluding hydrogens is 276 g/mol. The van der Waals surface area contributed by atoms with Gasteiger partial charge in [-0.1, -0.05) is 11.6 Å². The maximum atomic E-state index is 6.22. The number of rotatable bonds is 2. The van der Waals surface area contributed by atoms with Crippen molar-refractivity contribution in [1.29, 1.82) is 0 Å². The second-order valence-electron chi connectivity index (χ2n) is 6.04. The molecule has 1 aromatic rings. The van der Waals surface area contributed by atoms with Gasteiger partial charge in [0.25, 0.3) is 0 Å². The average molecular weight is 295 g/mol. The van der Waals surface area contributed by atoms with E-state index in [2.05, 4.69) is 10.2 Å². The average Bonchev–Trinajstić information content (AvgIpc) is 2.99. The lowest BCUT2D eigenvalue weighted by atomic mass is 10.0. The summed E-state index contributed by atoms with van der Waals surface area (Å²) in [4.78, 5) is 2.53. The van der Waals surface area contributed by atoms with Gasteiger partial charge in [0.2, 0.25) is 0 Å². The molecular formula is C15H19ClN2O2. The molecule has 20 heavy (non-hydrogen) atoms. The van der Waals surface area contributed by atoms with Crippen LogP contribution in [0.1, 0.15) is 11.1 Å². The summed E-state index contributed by atoms with van der Waals surface area (Å²) in [5.74, 6) is 2.61. The van der Waals surface area contributed by atoms with Crippen molar-refractivity contribution >= 4 is 11.6 Å². The number of fused-ring (bicyclic) bond motifs is 2. The van der Waals surface area contributed by atoms with E-state index >= 15 is 0 Å². The van der Waals surface area contributed by atoms with Gasteiger partial charge in [-0.05, 0) is 37.1 Å². The van der Waals surface area contributed by atoms with Crippen LogP contribution in [0.3, 0.4) is 0 Å². The van der Waals surface area contributed by atoms with Gasteiger partial charge in [0, 0.05) is 35.8 Å². The minimum Gasteiger partial charge on any atom is -0.467 e. The largest absolute Gasteiger partial charge is 0.467 e. The third kappa shape index (κ3) is 2.31. The van der Waals surface area contributed by atoms with E-state index in [9.17, 15) is 0 Å². The summed E-state index contributed by atoms with van der Waals surface area (Å²) in [5.41, 5.74) is 2.27. The monoisotopic (exact) mass is 294 g/mol. The summed E-state index contributed by atoms with van der Waals surface area (Å²) in [6, 6.07) is 3.99. The van der Waals surface area contributed by atoms with Gasteiger partial charge in [0.05, 0.1) is 6.61 Å². The number of benzene rings is 1. The molecule has 3 aliphatic rings.